The highest BCUT2D eigenvalue weighted by molar-refractivity contribution is 5.18. The second-order valence-electron chi connectivity index (χ2n) is 5.62. The van der Waals surface area contributed by atoms with Crippen molar-refractivity contribution in [3.63, 3.8) is 0 Å². The fourth-order valence-corrected chi connectivity index (χ4v) is 2.42. The average molecular weight is 267 g/mol. The van der Waals surface area contributed by atoms with Gasteiger partial charge in [0.05, 0.1) is 0 Å². The molecule has 0 heterocycles. The van der Waals surface area contributed by atoms with Crippen LogP contribution in [0.5, 0.6) is 0 Å². The molecule has 1 aromatic carbocycles. The van der Waals surface area contributed by atoms with Crippen molar-refractivity contribution in [1.29, 1.82) is 0 Å². The molecule has 1 saturated carbocycles. The number of hydrogen-bond acceptors (Lipinski definition) is 1. The summed E-state index contributed by atoms with van der Waals surface area (Å²) in [5.74, 6) is -0.593. The summed E-state index contributed by atoms with van der Waals surface area (Å²) < 4.78 is 26.1. The smallest absolute Gasteiger partial charge is 0.159 e. The third kappa shape index (κ3) is 4.90. The molecule has 1 aliphatic carbocycles. The van der Waals surface area contributed by atoms with Gasteiger partial charge in [0.25, 0.3) is 0 Å². The van der Waals surface area contributed by atoms with Gasteiger partial charge in [-0.15, -0.1) is 0 Å². The Morgan fingerprint density at radius 1 is 1.26 bits per heavy atom. The lowest BCUT2D eigenvalue weighted by atomic mass is 10.00. The number of rotatable bonds is 8. The summed E-state index contributed by atoms with van der Waals surface area (Å²) in [5, 5.41) is 3.52. The first kappa shape index (κ1) is 14.4. The van der Waals surface area contributed by atoms with Crippen molar-refractivity contribution >= 4 is 0 Å². The van der Waals surface area contributed by atoms with Crippen molar-refractivity contribution in [3.8, 4) is 0 Å². The molecule has 1 atom stereocenters. The Morgan fingerprint density at radius 2 is 2.05 bits per heavy atom. The third-order valence-electron chi connectivity index (χ3n) is 3.77. The van der Waals surface area contributed by atoms with E-state index in [4.69, 9.17) is 0 Å². The minimum Gasteiger partial charge on any atom is -0.314 e. The average Bonchev–Trinajstić information content (AvgIpc) is 3.21. The molecule has 0 radical (unpaired) electrons. The molecule has 0 bridgehead atoms. The second kappa shape index (κ2) is 6.99. The summed E-state index contributed by atoms with van der Waals surface area (Å²) >= 11 is 0. The van der Waals surface area contributed by atoms with Crippen LogP contribution in [0.2, 0.25) is 0 Å². The topological polar surface area (TPSA) is 12.0 Å². The van der Waals surface area contributed by atoms with Crippen LogP contribution in [0.4, 0.5) is 8.78 Å². The number of hydrogen-bond donors (Lipinski definition) is 1. The molecule has 1 aliphatic rings. The van der Waals surface area contributed by atoms with Crippen LogP contribution in [-0.2, 0) is 6.42 Å². The van der Waals surface area contributed by atoms with Crippen LogP contribution in [0.3, 0.4) is 0 Å². The molecule has 0 amide bonds. The summed E-state index contributed by atoms with van der Waals surface area (Å²) in [6, 6.07) is 4.62. The zero-order chi connectivity index (χ0) is 13.7. The first-order chi connectivity index (χ1) is 9.19. The molecule has 0 saturated heterocycles. The maximum Gasteiger partial charge on any atom is 0.159 e. The Hall–Kier alpha value is -0.960. The molecular formula is C16H23F2N. The van der Waals surface area contributed by atoms with E-state index in [1.165, 1.54) is 31.4 Å². The predicted molar refractivity (Wildman–Crippen MR) is 74.1 cm³/mol. The van der Waals surface area contributed by atoms with Crippen LogP contribution in [0.25, 0.3) is 0 Å². The lowest BCUT2D eigenvalue weighted by Gasteiger charge is -2.18. The number of benzene rings is 1. The third-order valence-corrected chi connectivity index (χ3v) is 3.77. The molecule has 1 nitrogen and oxygen atoms in total. The molecule has 19 heavy (non-hydrogen) atoms. The quantitative estimate of drug-likeness (QED) is 0.748. The lowest BCUT2D eigenvalue weighted by molar-refractivity contribution is 0.449. The molecule has 0 aromatic heterocycles. The van der Waals surface area contributed by atoms with E-state index in [0.717, 1.165) is 37.3 Å². The van der Waals surface area contributed by atoms with Crippen molar-refractivity contribution in [2.24, 2.45) is 5.92 Å². The van der Waals surface area contributed by atoms with Crippen molar-refractivity contribution in [1.82, 2.24) is 5.32 Å². The molecule has 1 fully saturated rings. The Bertz CT molecular complexity index is 402. The van der Waals surface area contributed by atoms with Crippen LogP contribution in [0.15, 0.2) is 18.2 Å². The van der Waals surface area contributed by atoms with E-state index >= 15 is 0 Å². The van der Waals surface area contributed by atoms with Gasteiger partial charge in [-0.3, -0.25) is 0 Å². The predicted octanol–water partition coefficient (Wildman–Crippen LogP) is 4.07. The molecule has 1 aromatic rings. The van der Waals surface area contributed by atoms with Gasteiger partial charge in [-0.2, -0.15) is 0 Å². The van der Waals surface area contributed by atoms with E-state index in [1.807, 2.05) is 0 Å². The zero-order valence-corrected chi connectivity index (χ0v) is 11.6. The van der Waals surface area contributed by atoms with Gasteiger partial charge in [0, 0.05) is 6.04 Å². The first-order valence-electron chi connectivity index (χ1n) is 7.36. The Balaban J connectivity index is 1.90. The van der Waals surface area contributed by atoms with Gasteiger partial charge < -0.3 is 5.32 Å². The van der Waals surface area contributed by atoms with Crippen molar-refractivity contribution < 1.29 is 8.78 Å². The summed E-state index contributed by atoms with van der Waals surface area (Å²) in [4.78, 5) is 0. The van der Waals surface area contributed by atoms with Crippen molar-refractivity contribution in [2.45, 2.75) is 51.5 Å². The van der Waals surface area contributed by atoms with Gasteiger partial charge in [0.15, 0.2) is 11.6 Å². The van der Waals surface area contributed by atoms with Gasteiger partial charge in [-0.05, 0) is 55.8 Å². The van der Waals surface area contributed by atoms with Gasteiger partial charge in [0.1, 0.15) is 0 Å². The number of nitrogens with one attached hydrogen (secondary N) is 1. The van der Waals surface area contributed by atoms with E-state index in [-0.39, 0.29) is 0 Å². The van der Waals surface area contributed by atoms with Crippen LogP contribution in [0, 0.1) is 17.6 Å². The minimum atomic E-state index is -0.764. The molecule has 1 N–H and O–H groups in total. The summed E-state index contributed by atoms with van der Waals surface area (Å²) in [7, 11) is 0. The second-order valence-corrected chi connectivity index (χ2v) is 5.62. The normalized spacial score (nSPS) is 16.6. The maximum absolute atomic E-state index is 13.2. The van der Waals surface area contributed by atoms with Crippen molar-refractivity contribution in [2.75, 3.05) is 6.54 Å². The van der Waals surface area contributed by atoms with Crippen molar-refractivity contribution in [3.05, 3.63) is 35.4 Å². The van der Waals surface area contributed by atoms with E-state index in [0.29, 0.717) is 6.04 Å². The summed E-state index contributed by atoms with van der Waals surface area (Å²) in [6.07, 6.45) is 6.99. The summed E-state index contributed by atoms with van der Waals surface area (Å²) in [5.41, 5.74) is 0.878. The van der Waals surface area contributed by atoms with Gasteiger partial charge in [-0.25, -0.2) is 8.78 Å². The van der Waals surface area contributed by atoms with Gasteiger partial charge in [-0.1, -0.05) is 25.8 Å². The zero-order valence-electron chi connectivity index (χ0n) is 11.6. The van der Waals surface area contributed by atoms with Crippen LogP contribution >= 0.6 is 0 Å². The Morgan fingerprint density at radius 3 is 2.68 bits per heavy atom. The van der Waals surface area contributed by atoms with Gasteiger partial charge >= 0.3 is 0 Å². The largest absolute Gasteiger partial charge is 0.314 e. The highest BCUT2D eigenvalue weighted by Crippen LogP contribution is 2.34. The molecule has 106 valence electrons. The van der Waals surface area contributed by atoms with E-state index in [2.05, 4.69) is 12.2 Å². The first-order valence-corrected chi connectivity index (χ1v) is 7.36. The highest BCUT2D eigenvalue weighted by Gasteiger charge is 2.22. The number of halogens is 2. The molecule has 3 heteroatoms. The SMILES string of the molecule is CCCNC(CCC1CC1)Cc1ccc(F)c(F)c1. The summed E-state index contributed by atoms with van der Waals surface area (Å²) in [6.45, 7) is 3.13. The minimum absolute atomic E-state index is 0.380. The van der Waals surface area contributed by atoms with E-state index < -0.39 is 11.6 Å². The molecule has 0 aliphatic heterocycles. The lowest BCUT2D eigenvalue weighted by Crippen LogP contribution is -2.32. The maximum atomic E-state index is 13.2. The Labute approximate surface area is 114 Å². The van der Waals surface area contributed by atoms with Crippen LogP contribution in [-0.4, -0.2) is 12.6 Å². The Kier molecular flexibility index (Phi) is 5.32. The fourth-order valence-electron chi connectivity index (χ4n) is 2.42. The molecule has 0 spiro atoms. The standard InChI is InChI=1S/C16H23F2N/c1-2-9-19-14(7-5-12-3-4-12)10-13-6-8-15(17)16(18)11-13/h6,8,11-12,14,19H,2-5,7,9-10H2,1H3. The molecular weight excluding hydrogens is 244 g/mol. The highest BCUT2D eigenvalue weighted by atomic mass is 19.2. The molecule has 1 unspecified atom stereocenters. The molecule has 2 rings (SSSR count). The van der Waals surface area contributed by atoms with Crippen LogP contribution in [0.1, 0.15) is 44.6 Å². The van der Waals surface area contributed by atoms with Gasteiger partial charge in [0.2, 0.25) is 0 Å². The fraction of sp³-hybridized carbons (Fsp3) is 0.625. The van der Waals surface area contributed by atoms with E-state index in [9.17, 15) is 8.78 Å². The monoisotopic (exact) mass is 267 g/mol. The van der Waals surface area contributed by atoms with E-state index in [1.54, 1.807) is 6.07 Å². The van der Waals surface area contributed by atoms with Crippen LogP contribution < -0.4 is 5.32 Å².